The van der Waals surface area contributed by atoms with Gasteiger partial charge in [-0.05, 0) is 55.4 Å². The molecular formula is C14H20N4OS. The van der Waals surface area contributed by atoms with E-state index in [0.29, 0.717) is 6.54 Å². The van der Waals surface area contributed by atoms with Crippen molar-refractivity contribution in [2.75, 3.05) is 7.05 Å². The summed E-state index contributed by atoms with van der Waals surface area (Å²) >= 11 is 1.52. The van der Waals surface area contributed by atoms with Gasteiger partial charge in [-0.25, -0.2) is 9.89 Å². The van der Waals surface area contributed by atoms with Crippen LogP contribution in [0.5, 0.6) is 0 Å². The van der Waals surface area contributed by atoms with Crippen LogP contribution in [0.25, 0.3) is 0 Å². The summed E-state index contributed by atoms with van der Waals surface area (Å²) in [6.07, 6.45) is 0.910. The number of hydrogen-bond acceptors (Lipinski definition) is 4. The summed E-state index contributed by atoms with van der Waals surface area (Å²) in [6.45, 7) is 5.69. The number of benzene rings is 1. The molecule has 2 aromatic rings. The quantitative estimate of drug-likeness (QED) is 0.856. The fourth-order valence-electron chi connectivity index (χ4n) is 2.03. The van der Waals surface area contributed by atoms with Gasteiger partial charge in [0.05, 0.1) is 0 Å². The number of nitrogens with one attached hydrogen (secondary N) is 2. The predicted octanol–water partition coefficient (Wildman–Crippen LogP) is 2.16. The molecule has 1 aromatic carbocycles. The Morgan fingerprint density at radius 3 is 2.90 bits per heavy atom. The van der Waals surface area contributed by atoms with E-state index in [1.165, 1.54) is 22.9 Å². The SMILES string of the molecule is CCCn1c(Sc2ccc(CNC)c(C)c2)n[nH]c1=O. The van der Waals surface area contributed by atoms with Gasteiger partial charge in [0, 0.05) is 18.0 Å². The molecule has 0 aliphatic heterocycles. The maximum absolute atomic E-state index is 11.6. The summed E-state index contributed by atoms with van der Waals surface area (Å²) in [6, 6.07) is 6.32. The van der Waals surface area contributed by atoms with Gasteiger partial charge in [-0.3, -0.25) is 4.57 Å². The maximum atomic E-state index is 11.6. The lowest BCUT2D eigenvalue weighted by molar-refractivity contribution is 0.604. The number of aryl methyl sites for hydroxylation is 1. The second-order valence-electron chi connectivity index (χ2n) is 4.68. The molecule has 2 rings (SSSR count). The van der Waals surface area contributed by atoms with E-state index in [-0.39, 0.29) is 5.69 Å². The fourth-order valence-corrected chi connectivity index (χ4v) is 2.99. The van der Waals surface area contributed by atoms with Crippen molar-refractivity contribution < 1.29 is 0 Å². The zero-order chi connectivity index (χ0) is 14.5. The minimum absolute atomic E-state index is 0.141. The highest BCUT2D eigenvalue weighted by molar-refractivity contribution is 7.99. The van der Waals surface area contributed by atoms with E-state index in [1.54, 1.807) is 4.57 Å². The van der Waals surface area contributed by atoms with Gasteiger partial charge in [-0.2, -0.15) is 0 Å². The van der Waals surface area contributed by atoms with Gasteiger partial charge < -0.3 is 5.32 Å². The highest BCUT2D eigenvalue weighted by Gasteiger charge is 2.10. The molecule has 0 aliphatic rings. The van der Waals surface area contributed by atoms with Gasteiger partial charge >= 0.3 is 5.69 Å². The first kappa shape index (κ1) is 14.9. The highest BCUT2D eigenvalue weighted by atomic mass is 32.2. The molecule has 1 aromatic heterocycles. The molecule has 0 atom stereocenters. The minimum atomic E-state index is -0.141. The average molecular weight is 292 g/mol. The van der Waals surface area contributed by atoms with E-state index >= 15 is 0 Å². The Kier molecular flexibility index (Phi) is 5.03. The Morgan fingerprint density at radius 1 is 1.45 bits per heavy atom. The topological polar surface area (TPSA) is 62.7 Å². The molecule has 0 spiro atoms. The third kappa shape index (κ3) is 3.32. The second kappa shape index (κ2) is 6.76. The van der Waals surface area contributed by atoms with Crippen molar-refractivity contribution in [3.8, 4) is 0 Å². The molecule has 0 amide bonds. The van der Waals surface area contributed by atoms with Gasteiger partial charge in [0.2, 0.25) is 0 Å². The summed E-state index contributed by atoms with van der Waals surface area (Å²) in [5.41, 5.74) is 2.38. The van der Waals surface area contributed by atoms with Crippen molar-refractivity contribution in [2.45, 2.75) is 43.4 Å². The summed E-state index contributed by atoms with van der Waals surface area (Å²) < 4.78 is 1.68. The molecule has 0 aliphatic carbocycles. The molecule has 0 saturated heterocycles. The fraction of sp³-hybridized carbons (Fsp3) is 0.429. The lowest BCUT2D eigenvalue weighted by Gasteiger charge is -2.08. The van der Waals surface area contributed by atoms with Crippen LogP contribution in [0, 0.1) is 6.92 Å². The lowest BCUT2D eigenvalue weighted by Crippen LogP contribution is -2.17. The zero-order valence-corrected chi connectivity index (χ0v) is 12.9. The first-order valence-electron chi connectivity index (χ1n) is 6.73. The molecule has 0 saturated carbocycles. The Bertz CT molecular complexity index is 632. The maximum Gasteiger partial charge on any atom is 0.343 e. The van der Waals surface area contributed by atoms with Crippen molar-refractivity contribution >= 4 is 11.8 Å². The van der Waals surface area contributed by atoms with E-state index in [4.69, 9.17) is 0 Å². The van der Waals surface area contributed by atoms with Crippen LogP contribution >= 0.6 is 11.8 Å². The van der Waals surface area contributed by atoms with Crippen molar-refractivity contribution in [1.82, 2.24) is 20.1 Å². The van der Waals surface area contributed by atoms with Crippen molar-refractivity contribution in [3.05, 3.63) is 39.8 Å². The smallest absolute Gasteiger partial charge is 0.316 e. The molecule has 5 nitrogen and oxygen atoms in total. The number of rotatable bonds is 6. The number of nitrogens with zero attached hydrogens (tertiary/aromatic N) is 2. The van der Waals surface area contributed by atoms with E-state index in [9.17, 15) is 4.79 Å². The van der Waals surface area contributed by atoms with Crippen molar-refractivity contribution in [2.24, 2.45) is 0 Å². The normalized spacial score (nSPS) is 10.9. The van der Waals surface area contributed by atoms with E-state index in [2.05, 4.69) is 40.6 Å². The molecule has 20 heavy (non-hydrogen) atoms. The zero-order valence-electron chi connectivity index (χ0n) is 12.1. The Balaban J connectivity index is 2.22. The summed E-state index contributed by atoms with van der Waals surface area (Å²) in [5.74, 6) is 0. The van der Waals surface area contributed by atoms with Gasteiger partial charge in [0.15, 0.2) is 5.16 Å². The highest BCUT2D eigenvalue weighted by Crippen LogP contribution is 2.27. The van der Waals surface area contributed by atoms with Gasteiger partial charge in [0.1, 0.15) is 0 Å². The van der Waals surface area contributed by atoms with Crippen LogP contribution in [0.1, 0.15) is 24.5 Å². The van der Waals surface area contributed by atoms with E-state index < -0.39 is 0 Å². The number of hydrogen-bond donors (Lipinski definition) is 2. The van der Waals surface area contributed by atoms with Crippen LogP contribution in [0.3, 0.4) is 0 Å². The van der Waals surface area contributed by atoms with E-state index in [0.717, 1.165) is 23.0 Å². The molecule has 2 N–H and O–H groups in total. The Morgan fingerprint density at radius 2 is 2.25 bits per heavy atom. The molecule has 0 bridgehead atoms. The molecular weight excluding hydrogens is 272 g/mol. The van der Waals surface area contributed by atoms with Crippen LogP contribution in [0.2, 0.25) is 0 Å². The van der Waals surface area contributed by atoms with Gasteiger partial charge in [0.25, 0.3) is 0 Å². The molecule has 108 valence electrons. The molecule has 6 heteroatoms. The van der Waals surface area contributed by atoms with Crippen molar-refractivity contribution in [1.29, 1.82) is 0 Å². The lowest BCUT2D eigenvalue weighted by atomic mass is 10.1. The van der Waals surface area contributed by atoms with Crippen LogP contribution in [0.15, 0.2) is 33.0 Å². The number of aromatic amines is 1. The average Bonchev–Trinajstić information content (AvgIpc) is 2.75. The monoisotopic (exact) mass is 292 g/mol. The first-order valence-corrected chi connectivity index (χ1v) is 7.54. The Hall–Kier alpha value is -1.53. The first-order chi connectivity index (χ1) is 9.65. The standard InChI is InChI=1S/C14H20N4OS/c1-4-7-18-13(19)16-17-14(18)20-12-6-5-11(9-15-3)10(2)8-12/h5-6,8,15H,4,7,9H2,1-3H3,(H,16,19). The minimum Gasteiger partial charge on any atom is -0.316 e. The summed E-state index contributed by atoms with van der Waals surface area (Å²) in [7, 11) is 1.94. The largest absolute Gasteiger partial charge is 0.343 e. The third-order valence-electron chi connectivity index (χ3n) is 3.06. The summed E-state index contributed by atoms with van der Waals surface area (Å²) in [5, 5.41) is 10.5. The van der Waals surface area contributed by atoms with Crippen LogP contribution in [-0.2, 0) is 13.1 Å². The molecule has 0 radical (unpaired) electrons. The van der Waals surface area contributed by atoms with Crippen LogP contribution in [0.4, 0.5) is 0 Å². The molecule has 0 fully saturated rings. The third-order valence-corrected chi connectivity index (χ3v) is 4.04. The predicted molar refractivity (Wildman–Crippen MR) is 81.2 cm³/mol. The molecule has 1 heterocycles. The number of aromatic nitrogens is 3. The van der Waals surface area contributed by atoms with E-state index in [1.807, 2.05) is 14.0 Å². The van der Waals surface area contributed by atoms with Gasteiger partial charge in [-0.1, -0.05) is 13.0 Å². The van der Waals surface area contributed by atoms with Gasteiger partial charge in [-0.15, -0.1) is 5.10 Å². The second-order valence-corrected chi connectivity index (χ2v) is 5.72. The van der Waals surface area contributed by atoms with Crippen molar-refractivity contribution in [3.63, 3.8) is 0 Å². The Labute approximate surface area is 122 Å². The van der Waals surface area contributed by atoms with Crippen LogP contribution < -0.4 is 11.0 Å². The number of H-pyrrole nitrogens is 1. The van der Waals surface area contributed by atoms with Crippen LogP contribution in [-0.4, -0.2) is 21.8 Å². The summed E-state index contributed by atoms with van der Waals surface area (Å²) in [4.78, 5) is 12.7. The molecule has 0 unspecified atom stereocenters.